The molecule has 2 rings (SSSR count). The fraction of sp³-hybridized carbons (Fsp3) is 0.562. The van der Waals surface area contributed by atoms with E-state index in [1.54, 1.807) is 24.3 Å². The molecule has 110 valence electrons. The second-order valence-corrected chi connectivity index (χ2v) is 6.05. The Kier molecular flexibility index (Phi) is 5.06. The van der Waals surface area contributed by atoms with Crippen LogP contribution in [0.5, 0.6) is 0 Å². The zero-order valence-electron chi connectivity index (χ0n) is 11.9. The average molecular weight is 296 g/mol. The van der Waals surface area contributed by atoms with Crippen molar-refractivity contribution < 1.29 is 9.90 Å². The third-order valence-electron chi connectivity index (χ3n) is 4.43. The summed E-state index contributed by atoms with van der Waals surface area (Å²) in [4.78, 5) is 12.3. The first-order valence-corrected chi connectivity index (χ1v) is 7.67. The van der Waals surface area contributed by atoms with Crippen molar-refractivity contribution in [2.45, 2.75) is 45.1 Å². The predicted molar refractivity (Wildman–Crippen MR) is 80.6 cm³/mol. The molecule has 0 aliphatic heterocycles. The lowest BCUT2D eigenvalue weighted by atomic mass is 9.82. The number of hydrogen-bond acceptors (Lipinski definition) is 2. The van der Waals surface area contributed by atoms with Crippen molar-refractivity contribution in [1.29, 1.82) is 0 Å². The van der Waals surface area contributed by atoms with Gasteiger partial charge in [-0.3, -0.25) is 4.79 Å². The maximum atomic E-state index is 12.3. The van der Waals surface area contributed by atoms with E-state index in [1.165, 1.54) is 0 Å². The van der Waals surface area contributed by atoms with Crippen molar-refractivity contribution in [3.63, 3.8) is 0 Å². The smallest absolute Gasteiger partial charge is 0.226 e. The molecular weight excluding hydrogens is 274 g/mol. The van der Waals surface area contributed by atoms with Crippen LogP contribution < -0.4 is 5.32 Å². The molecule has 1 aliphatic carbocycles. The second kappa shape index (κ2) is 6.59. The summed E-state index contributed by atoms with van der Waals surface area (Å²) in [5.74, 6) is 0.0884. The topological polar surface area (TPSA) is 49.3 Å². The van der Waals surface area contributed by atoms with Crippen molar-refractivity contribution in [3.8, 4) is 0 Å². The van der Waals surface area contributed by atoms with E-state index in [0.29, 0.717) is 5.02 Å². The minimum absolute atomic E-state index is 0.0884. The molecule has 20 heavy (non-hydrogen) atoms. The minimum Gasteiger partial charge on any atom is -0.387 e. The van der Waals surface area contributed by atoms with Crippen LogP contribution >= 0.6 is 11.6 Å². The summed E-state index contributed by atoms with van der Waals surface area (Å²) in [6.45, 7) is 2.32. The fourth-order valence-corrected chi connectivity index (χ4v) is 3.10. The van der Waals surface area contributed by atoms with Gasteiger partial charge in [-0.2, -0.15) is 0 Å². The van der Waals surface area contributed by atoms with Gasteiger partial charge in [-0.05, 0) is 37.0 Å². The molecule has 0 aromatic heterocycles. The normalized spacial score (nSPS) is 18.8. The number of amides is 1. The quantitative estimate of drug-likeness (QED) is 0.874. The summed E-state index contributed by atoms with van der Waals surface area (Å²) in [7, 11) is 0. The van der Waals surface area contributed by atoms with Crippen molar-refractivity contribution >= 4 is 17.5 Å². The SMILES string of the molecule is CCC1(C(=O)NCC(O)c2ccc(Cl)cc2)CCCC1. The van der Waals surface area contributed by atoms with E-state index < -0.39 is 6.10 Å². The third-order valence-corrected chi connectivity index (χ3v) is 4.68. The maximum Gasteiger partial charge on any atom is 0.226 e. The molecule has 1 aliphatic rings. The molecule has 1 fully saturated rings. The van der Waals surface area contributed by atoms with Crippen molar-refractivity contribution in [3.05, 3.63) is 34.9 Å². The third kappa shape index (κ3) is 3.33. The van der Waals surface area contributed by atoms with E-state index >= 15 is 0 Å². The molecule has 0 saturated heterocycles. The van der Waals surface area contributed by atoms with Crippen LogP contribution in [0, 0.1) is 5.41 Å². The Labute approximate surface area is 125 Å². The highest BCUT2D eigenvalue weighted by Gasteiger charge is 2.39. The first kappa shape index (κ1) is 15.3. The zero-order valence-corrected chi connectivity index (χ0v) is 12.6. The number of benzene rings is 1. The number of halogens is 1. The summed E-state index contributed by atoms with van der Waals surface area (Å²) < 4.78 is 0. The molecule has 1 saturated carbocycles. The highest BCUT2D eigenvalue weighted by Crippen LogP contribution is 2.41. The molecule has 4 heteroatoms. The van der Waals surface area contributed by atoms with Crippen LogP contribution in [-0.4, -0.2) is 17.6 Å². The fourth-order valence-electron chi connectivity index (χ4n) is 2.97. The molecular formula is C16H22ClNO2. The zero-order chi connectivity index (χ0) is 14.6. The Morgan fingerprint density at radius 1 is 1.35 bits per heavy atom. The van der Waals surface area contributed by atoms with E-state index in [1.807, 2.05) is 0 Å². The van der Waals surface area contributed by atoms with Gasteiger partial charge in [0.2, 0.25) is 5.91 Å². The molecule has 1 aromatic rings. The average Bonchev–Trinajstić information content (AvgIpc) is 2.95. The highest BCUT2D eigenvalue weighted by atomic mass is 35.5. The summed E-state index contributed by atoms with van der Waals surface area (Å²) >= 11 is 5.82. The molecule has 0 bridgehead atoms. The van der Waals surface area contributed by atoms with Gasteiger partial charge in [0.1, 0.15) is 0 Å². The molecule has 3 nitrogen and oxygen atoms in total. The van der Waals surface area contributed by atoms with Gasteiger partial charge in [0.25, 0.3) is 0 Å². The van der Waals surface area contributed by atoms with Crippen LogP contribution in [0.25, 0.3) is 0 Å². The molecule has 2 N–H and O–H groups in total. The van der Waals surface area contributed by atoms with E-state index in [-0.39, 0.29) is 17.9 Å². The van der Waals surface area contributed by atoms with Crippen molar-refractivity contribution in [2.24, 2.45) is 5.41 Å². The monoisotopic (exact) mass is 295 g/mol. The number of carbonyl (C=O) groups is 1. The number of rotatable bonds is 5. The van der Waals surface area contributed by atoms with E-state index in [9.17, 15) is 9.90 Å². The standard InChI is InChI=1S/C16H22ClNO2/c1-2-16(9-3-4-10-16)15(20)18-11-14(19)12-5-7-13(17)8-6-12/h5-8,14,19H,2-4,9-11H2,1H3,(H,18,20). The molecule has 1 aromatic carbocycles. The van der Waals surface area contributed by atoms with Crippen LogP contribution in [0.3, 0.4) is 0 Å². The van der Waals surface area contributed by atoms with Crippen LogP contribution in [0.1, 0.15) is 50.7 Å². The molecule has 0 spiro atoms. The lowest BCUT2D eigenvalue weighted by Gasteiger charge is -2.26. The van der Waals surface area contributed by atoms with Gasteiger partial charge in [-0.1, -0.05) is 43.5 Å². The second-order valence-electron chi connectivity index (χ2n) is 5.62. The van der Waals surface area contributed by atoms with Crippen LogP contribution in [0.2, 0.25) is 5.02 Å². The predicted octanol–water partition coefficient (Wildman–Crippen LogP) is 3.46. The Bertz CT molecular complexity index is 452. The van der Waals surface area contributed by atoms with Gasteiger partial charge in [0, 0.05) is 17.0 Å². The van der Waals surface area contributed by atoms with Gasteiger partial charge < -0.3 is 10.4 Å². The summed E-state index contributed by atoms with van der Waals surface area (Å²) in [6, 6.07) is 7.05. The number of aliphatic hydroxyl groups excluding tert-OH is 1. The first-order valence-electron chi connectivity index (χ1n) is 7.29. The highest BCUT2D eigenvalue weighted by molar-refractivity contribution is 6.30. The Morgan fingerprint density at radius 2 is 1.95 bits per heavy atom. The minimum atomic E-state index is -0.688. The Morgan fingerprint density at radius 3 is 2.50 bits per heavy atom. The van der Waals surface area contributed by atoms with Gasteiger partial charge >= 0.3 is 0 Å². The lowest BCUT2D eigenvalue weighted by Crippen LogP contribution is -2.40. The number of carbonyl (C=O) groups excluding carboxylic acids is 1. The number of nitrogens with one attached hydrogen (secondary N) is 1. The summed E-state index contributed by atoms with van der Waals surface area (Å²) in [5, 5.41) is 13.6. The van der Waals surface area contributed by atoms with Crippen LogP contribution in [-0.2, 0) is 4.79 Å². The van der Waals surface area contributed by atoms with Gasteiger partial charge in [-0.15, -0.1) is 0 Å². The van der Waals surface area contributed by atoms with Crippen LogP contribution in [0.4, 0.5) is 0 Å². The molecule has 0 heterocycles. The molecule has 0 radical (unpaired) electrons. The lowest BCUT2D eigenvalue weighted by molar-refractivity contribution is -0.131. The maximum absolute atomic E-state index is 12.3. The first-order chi connectivity index (χ1) is 9.57. The Hall–Kier alpha value is -1.06. The summed E-state index contributed by atoms with van der Waals surface area (Å²) in [6.07, 6.45) is 4.36. The van der Waals surface area contributed by atoms with Gasteiger partial charge in [-0.25, -0.2) is 0 Å². The largest absolute Gasteiger partial charge is 0.387 e. The van der Waals surface area contributed by atoms with Gasteiger partial charge in [0.05, 0.1) is 6.10 Å². The molecule has 1 atom stereocenters. The number of hydrogen-bond donors (Lipinski definition) is 2. The molecule has 1 unspecified atom stereocenters. The van der Waals surface area contributed by atoms with Gasteiger partial charge in [0.15, 0.2) is 0 Å². The van der Waals surface area contributed by atoms with E-state index in [2.05, 4.69) is 12.2 Å². The molecule has 1 amide bonds. The van der Waals surface area contributed by atoms with E-state index in [0.717, 1.165) is 37.7 Å². The number of aliphatic hydroxyl groups is 1. The van der Waals surface area contributed by atoms with E-state index in [4.69, 9.17) is 11.6 Å². The Balaban J connectivity index is 1.91. The van der Waals surface area contributed by atoms with Crippen LogP contribution in [0.15, 0.2) is 24.3 Å². The summed E-state index contributed by atoms with van der Waals surface area (Å²) in [5.41, 5.74) is 0.561. The van der Waals surface area contributed by atoms with Crippen molar-refractivity contribution in [1.82, 2.24) is 5.32 Å². The van der Waals surface area contributed by atoms with Crippen molar-refractivity contribution in [2.75, 3.05) is 6.54 Å².